The summed E-state index contributed by atoms with van der Waals surface area (Å²) in [5.74, 6) is 0.572. The number of hydrogen-bond donors (Lipinski definition) is 1. The van der Waals surface area contributed by atoms with Crippen molar-refractivity contribution in [2.24, 2.45) is 5.92 Å². The van der Waals surface area contributed by atoms with E-state index in [9.17, 15) is 4.79 Å². The van der Waals surface area contributed by atoms with Gasteiger partial charge in [0.15, 0.2) is 0 Å². The van der Waals surface area contributed by atoms with Crippen molar-refractivity contribution in [2.45, 2.75) is 25.8 Å². The minimum atomic E-state index is -0.238. The van der Waals surface area contributed by atoms with Crippen LogP contribution in [0.2, 0.25) is 0 Å². The number of amides is 1. The largest absolute Gasteiger partial charge is 0.396 e. The van der Waals surface area contributed by atoms with Crippen molar-refractivity contribution < 1.29 is 9.90 Å². The van der Waals surface area contributed by atoms with Gasteiger partial charge in [0.2, 0.25) is 5.91 Å². The third-order valence-corrected chi connectivity index (χ3v) is 3.41. The SMILES string of the molecule is CC(C(=O)N1CCC(CCO)C1)n1cccn1. The quantitative estimate of drug-likeness (QED) is 0.837. The van der Waals surface area contributed by atoms with Crippen molar-refractivity contribution in [1.82, 2.24) is 14.7 Å². The van der Waals surface area contributed by atoms with Crippen LogP contribution in [0.4, 0.5) is 0 Å². The average molecular weight is 237 g/mol. The number of hydrogen-bond acceptors (Lipinski definition) is 3. The first-order chi connectivity index (χ1) is 8.22. The summed E-state index contributed by atoms with van der Waals surface area (Å²) < 4.78 is 1.68. The minimum Gasteiger partial charge on any atom is -0.396 e. The Kier molecular flexibility index (Phi) is 3.78. The van der Waals surface area contributed by atoms with E-state index in [1.54, 1.807) is 10.9 Å². The Morgan fingerprint density at radius 3 is 3.12 bits per heavy atom. The van der Waals surface area contributed by atoms with Gasteiger partial charge in [-0.25, -0.2) is 0 Å². The van der Waals surface area contributed by atoms with E-state index in [0.717, 1.165) is 25.9 Å². The van der Waals surface area contributed by atoms with Gasteiger partial charge in [0, 0.05) is 32.1 Å². The van der Waals surface area contributed by atoms with Crippen LogP contribution >= 0.6 is 0 Å². The molecule has 94 valence electrons. The Balaban J connectivity index is 1.93. The zero-order valence-electron chi connectivity index (χ0n) is 10.1. The van der Waals surface area contributed by atoms with Gasteiger partial charge in [0.1, 0.15) is 6.04 Å². The molecule has 17 heavy (non-hydrogen) atoms. The first-order valence-electron chi connectivity index (χ1n) is 6.11. The van der Waals surface area contributed by atoms with Crippen LogP contribution in [0.1, 0.15) is 25.8 Å². The van der Waals surface area contributed by atoms with Crippen LogP contribution in [0, 0.1) is 5.92 Å². The van der Waals surface area contributed by atoms with E-state index in [4.69, 9.17) is 5.11 Å². The Labute approximate surface area is 101 Å². The molecule has 2 atom stereocenters. The van der Waals surface area contributed by atoms with E-state index >= 15 is 0 Å². The summed E-state index contributed by atoms with van der Waals surface area (Å²) in [7, 11) is 0. The molecule has 1 fully saturated rings. The van der Waals surface area contributed by atoms with E-state index < -0.39 is 0 Å². The maximum atomic E-state index is 12.2. The predicted molar refractivity (Wildman–Crippen MR) is 63.3 cm³/mol. The van der Waals surface area contributed by atoms with Crippen molar-refractivity contribution in [3.63, 3.8) is 0 Å². The lowest BCUT2D eigenvalue weighted by molar-refractivity contribution is -0.133. The van der Waals surface area contributed by atoms with Crippen LogP contribution in [0.3, 0.4) is 0 Å². The fourth-order valence-electron chi connectivity index (χ4n) is 2.34. The molecule has 1 aromatic heterocycles. The fraction of sp³-hybridized carbons (Fsp3) is 0.667. The molecule has 0 aromatic carbocycles. The predicted octanol–water partition coefficient (Wildman–Crippen LogP) is 0.675. The van der Waals surface area contributed by atoms with E-state index in [1.807, 2.05) is 24.1 Å². The topological polar surface area (TPSA) is 58.4 Å². The molecule has 1 amide bonds. The van der Waals surface area contributed by atoms with Crippen LogP contribution in [-0.4, -0.2) is 45.4 Å². The molecule has 1 saturated heterocycles. The van der Waals surface area contributed by atoms with Gasteiger partial charge in [-0.1, -0.05) is 0 Å². The van der Waals surface area contributed by atoms with Crippen molar-refractivity contribution in [3.8, 4) is 0 Å². The van der Waals surface area contributed by atoms with Gasteiger partial charge in [-0.15, -0.1) is 0 Å². The van der Waals surface area contributed by atoms with Crippen molar-refractivity contribution in [3.05, 3.63) is 18.5 Å². The van der Waals surface area contributed by atoms with Crippen LogP contribution < -0.4 is 0 Å². The molecule has 5 heteroatoms. The van der Waals surface area contributed by atoms with Crippen LogP contribution in [0.25, 0.3) is 0 Å². The standard InChI is InChI=1S/C12H19N3O2/c1-10(15-6-2-5-13-15)12(17)14-7-3-11(9-14)4-8-16/h2,5-6,10-11,16H,3-4,7-9H2,1H3. The maximum absolute atomic E-state index is 12.2. The smallest absolute Gasteiger partial charge is 0.247 e. The summed E-state index contributed by atoms with van der Waals surface area (Å²) >= 11 is 0. The molecule has 5 nitrogen and oxygen atoms in total. The zero-order valence-corrected chi connectivity index (χ0v) is 10.1. The molecule has 1 aliphatic rings. The van der Waals surface area contributed by atoms with Gasteiger partial charge >= 0.3 is 0 Å². The number of carbonyl (C=O) groups excluding carboxylic acids is 1. The third kappa shape index (κ3) is 2.66. The molecule has 0 saturated carbocycles. The van der Waals surface area contributed by atoms with Gasteiger partial charge < -0.3 is 10.0 Å². The molecule has 0 spiro atoms. The lowest BCUT2D eigenvalue weighted by Crippen LogP contribution is -2.34. The number of likely N-dealkylation sites (tertiary alicyclic amines) is 1. The highest BCUT2D eigenvalue weighted by atomic mass is 16.3. The maximum Gasteiger partial charge on any atom is 0.247 e. The van der Waals surface area contributed by atoms with Crippen LogP contribution in [-0.2, 0) is 4.79 Å². The third-order valence-electron chi connectivity index (χ3n) is 3.41. The zero-order chi connectivity index (χ0) is 12.3. The highest BCUT2D eigenvalue weighted by Gasteiger charge is 2.29. The van der Waals surface area contributed by atoms with E-state index in [1.165, 1.54) is 0 Å². The molecule has 2 unspecified atom stereocenters. The average Bonchev–Trinajstić information content (AvgIpc) is 2.98. The summed E-state index contributed by atoms with van der Waals surface area (Å²) in [5.41, 5.74) is 0. The van der Waals surface area contributed by atoms with Gasteiger partial charge in [-0.3, -0.25) is 9.48 Å². The van der Waals surface area contributed by atoms with E-state index in [2.05, 4.69) is 5.10 Å². The molecular weight excluding hydrogens is 218 g/mol. The lowest BCUT2D eigenvalue weighted by atomic mass is 10.1. The molecule has 1 aromatic rings. The molecule has 2 heterocycles. The van der Waals surface area contributed by atoms with Gasteiger partial charge in [-0.05, 0) is 31.7 Å². The summed E-state index contributed by atoms with van der Waals surface area (Å²) in [6.45, 7) is 3.65. The molecule has 0 bridgehead atoms. The van der Waals surface area contributed by atoms with Crippen molar-refractivity contribution in [2.75, 3.05) is 19.7 Å². The van der Waals surface area contributed by atoms with Gasteiger partial charge in [0.25, 0.3) is 0 Å². The first-order valence-corrected chi connectivity index (χ1v) is 6.11. The van der Waals surface area contributed by atoms with Crippen LogP contribution in [0.15, 0.2) is 18.5 Å². The molecule has 1 N–H and O–H groups in total. The fourth-order valence-corrected chi connectivity index (χ4v) is 2.34. The molecule has 0 aliphatic carbocycles. The lowest BCUT2D eigenvalue weighted by Gasteiger charge is -2.21. The summed E-state index contributed by atoms with van der Waals surface area (Å²) in [5, 5.41) is 13.0. The highest BCUT2D eigenvalue weighted by molar-refractivity contribution is 5.80. The number of aromatic nitrogens is 2. The minimum absolute atomic E-state index is 0.120. The Bertz CT molecular complexity index is 364. The summed E-state index contributed by atoms with van der Waals surface area (Å²) in [6.07, 6.45) is 5.28. The molecule has 0 radical (unpaired) electrons. The molecular formula is C12H19N3O2. The number of nitrogens with zero attached hydrogens (tertiary/aromatic N) is 3. The normalized spacial score (nSPS) is 21.8. The monoisotopic (exact) mass is 237 g/mol. The second-order valence-corrected chi connectivity index (χ2v) is 4.61. The van der Waals surface area contributed by atoms with Crippen LogP contribution in [0.5, 0.6) is 0 Å². The van der Waals surface area contributed by atoms with E-state index in [0.29, 0.717) is 5.92 Å². The number of rotatable bonds is 4. The van der Waals surface area contributed by atoms with Gasteiger partial charge in [0.05, 0.1) is 0 Å². The summed E-state index contributed by atoms with van der Waals surface area (Å²) in [4.78, 5) is 14.1. The second kappa shape index (κ2) is 5.31. The number of aliphatic hydroxyl groups is 1. The first kappa shape index (κ1) is 12.1. The summed E-state index contributed by atoms with van der Waals surface area (Å²) in [6, 6.07) is 1.58. The van der Waals surface area contributed by atoms with E-state index in [-0.39, 0.29) is 18.6 Å². The Morgan fingerprint density at radius 1 is 1.65 bits per heavy atom. The Hall–Kier alpha value is -1.36. The molecule has 2 rings (SSSR count). The Morgan fingerprint density at radius 2 is 2.47 bits per heavy atom. The highest BCUT2D eigenvalue weighted by Crippen LogP contribution is 2.21. The number of carbonyl (C=O) groups is 1. The van der Waals surface area contributed by atoms with Crippen molar-refractivity contribution in [1.29, 1.82) is 0 Å². The molecule has 1 aliphatic heterocycles. The van der Waals surface area contributed by atoms with Gasteiger partial charge in [-0.2, -0.15) is 5.10 Å². The second-order valence-electron chi connectivity index (χ2n) is 4.61. The number of aliphatic hydroxyl groups excluding tert-OH is 1. The van der Waals surface area contributed by atoms with Crippen molar-refractivity contribution >= 4 is 5.91 Å².